The quantitative estimate of drug-likeness (QED) is 0.635. The van der Waals surface area contributed by atoms with Crippen LogP contribution in [0.25, 0.3) is 0 Å². The first-order chi connectivity index (χ1) is 11.2. The van der Waals surface area contributed by atoms with Crippen molar-refractivity contribution in [2.75, 3.05) is 31.1 Å². The molecule has 0 aromatic heterocycles. The molecular weight excluding hydrogens is 294 g/mol. The van der Waals surface area contributed by atoms with Gasteiger partial charge in [0.05, 0.1) is 4.92 Å². The third-order valence-electron chi connectivity index (χ3n) is 4.96. The van der Waals surface area contributed by atoms with Crippen molar-refractivity contribution >= 4 is 17.3 Å². The van der Waals surface area contributed by atoms with Gasteiger partial charge in [-0.3, -0.25) is 14.9 Å². The highest BCUT2D eigenvalue weighted by atomic mass is 16.6. The second-order valence-electron chi connectivity index (χ2n) is 6.39. The minimum Gasteiger partial charge on any atom is -0.362 e. The summed E-state index contributed by atoms with van der Waals surface area (Å²) in [4.78, 5) is 27.4. The number of hydrogen-bond donors (Lipinski definition) is 0. The van der Waals surface area contributed by atoms with Crippen LogP contribution in [0.15, 0.2) is 24.3 Å². The maximum atomic E-state index is 12.6. The van der Waals surface area contributed by atoms with Crippen LogP contribution in [0.3, 0.4) is 0 Å². The van der Waals surface area contributed by atoms with Gasteiger partial charge >= 0.3 is 0 Å². The van der Waals surface area contributed by atoms with Crippen LogP contribution in [0.1, 0.15) is 32.1 Å². The first kappa shape index (κ1) is 15.8. The summed E-state index contributed by atoms with van der Waals surface area (Å²) in [5, 5.41) is 11.2. The number of para-hydroxylation sites is 2. The van der Waals surface area contributed by atoms with Crippen molar-refractivity contribution < 1.29 is 9.72 Å². The average Bonchev–Trinajstić information content (AvgIpc) is 2.62. The predicted octanol–water partition coefficient (Wildman–Crippen LogP) is 2.82. The molecule has 1 aliphatic heterocycles. The van der Waals surface area contributed by atoms with E-state index >= 15 is 0 Å². The van der Waals surface area contributed by atoms with E-state index in [0.29, 0.717) is 31.9 Å². The molecule has 0 unspecified atom stereocenters. The Kier molecular flexibility index (Phi) is 4.79. The Morgan fingerprint density at radius 1 is 1.04 bits per heavy atom. The number of carbonyl (C=O) groups excluding carboxylic acids is 1. The first-order valence-electron chi connectivity index (χ1n) is 8.44. The zero-order chi connectivity index (χ0) is 16.2. The highest BCUT2D eigenvalue weighted by Crippen LogP contribution is 2.29. The molecule has 6 nitrogen and oxygen atoms in total. The van der Waals surface area contributed by atoms with Gasteiger partial charge in [0.25, 0.3) is 5.69 Å². The number of amides is 1. The number of hydrogen-bond acceptors (Lipinski definition) is 4. The van der Waals surface area contributed by atoms with Crippen molar-refractivity contribution in [1.82, 2.24) is 4.90 Å². The summed E-state index contributed by atoms with van der Waals surface area (Å²) in [6.45, 7) is 2.62. The van der Waals surface area contributed by atoms with Crippen molar-refractivity contribution in [3.63, 3.8) is 0 Å². The third-order valence-corrected chi connectivity index (χ3v) is 4.96. The molecule has 0 atom stereocenters. The van der Waals surface area contributed by atoms with Gasteiger partial charge in [-0.1, -0.05) is 31.4 Å². The van der Waals surface area contributed by atoms with Gasteiger partial charge in [0.15, 0.2) is 0 Å². The number of rotatable bonds is 3. The van der Waals surface area contributed by atoms with E-state index in [1.807, 2.05) is 15.9 Å². The molecule has 1 heterocycles. The number of nitro groups is 1. The van der Waals surface area contributed by atoms with Crippen molar-refractivity contribution in [1.29, 1.82) is 0 Å². The van der Waals surface area contributed by atoms with Gasteiger partial charge in [0, 0.05) is 38.2 Å². The Hall–Kier alpha value is -2.11. The van der Waals surface area contributed by atoms with Crippen LogP contribution in [0.5, 0.6) is 0 Å². The van der Waals surface area contributed by atoms with E-state index in [9.17, 15) is 14.9 Å². The predicted molar refractivity (Wildman–Crippen MR) is 88.5 cm³/mol. The molecule has 0 bridgehead atoms. The second-order valence-corrected chi connectivity index (χ2v) is 6.39. The van der Waals surface area contributed by atoms with Crippen LogP contribution in [-0.2, 0) is 4.79 Å². The maximum absolute atomic E-state index is 12.6. The van der Waals surface area contributed by atoms with E-state index < -0.39 is 0 Å². The molecule has 1 amide bonds. The van der Waals surface area contributed by atoms with Crippen LogP contribution < -0.4 is 4.90 Å². The molecule has 1 saturated carbocycles. The molecular formula is C17H23N3O3. The molecule has 23 heavy (non-hydrogen) atoms. The number of benzene rings is 1. The minimum atomic E-state index is -0.338. The fraction of sp³-hybridized carbons (Fsp3) is 0.588. The lowest BCUT2D eigenvalue weighted by molar-refractivity contribution is -0.384. The summed E-state index contributed by atoms with van der Waals surface area (Å²) in [6.07, 6.45) is 5.60. The summed E-state index contributed by atoms with van der Waals surface area (Å²) in [7, 11) is 0. The summed E-state index contributed by atoms with van der Waals surface area (Å²) in [5.74, 6) is 0.480. The molecule has 0 radical (unpaired) electrons. The molecule has 6 heteroatoms. The molecule has 0 N–H and O–H groups in total. The van der Waals surface area contributed by atoms with E-state index in [-0.39, 0.29) is 22.4 Å². The molecule has 3 rings (SSSR count). The SMILES string of the molecule is O=C(C1CCCCC1)N1CCN(c2ccccc2[N+](=O)[O-])CC1. The summed E-state index contributed by atoms with van der Waals surface area (Å²) >= 11 is 0. The highest BCUT2D eigenvalue weighted by Gasteiger charge is 2.29. The Morgan fingerprint density at radius 2 is 1.70 bits per heavy atom. The number of nitro benzene ring substituents is 1. The van der Waals surface area contributed by atoms with Crippen molar-refractivity contribution in [3.05, 3.63) is 34.4 Å². The van der Waals surface area contributed by atoms with Crippen molar-refractivity contribution in [2.45, 2.75) is 32.1 Å². The fourth-order valence-electron chi connectivity index (χ4n) is 3.66. The van der Waals surface area contributed by atoms with Crippen LogP contribution in [0.2, 0.25) is 0 Å². The first-order valence-corrected chi connectivity index (χ1v) is 8.44. The number of carbonyl (C=O) groups is 1. The van der Waals surface area contributed by atoms with E-state index in [2.05, 4.69) is 0 Å². The molecule has 0 spiro atoms. The lowest BCUT2D eigenvalue weighted by Crippen LogP contribution is -2.50. The molecule has 1 aliphatic carbocycles. The number of anilines is 1. The normalized spacial score (nSPS) is 19.7. The largest absolute Gasteiger partial charge is 0.362 e. The van der Waals surface area contributed by atoms with E-state index in [1.165, 1.54) is 12.5 Å². The van der Waals surface area contributed by atoms with Crippen LogP contribution >= 0.6 is 0 Å². The van der Waals surface area contributed by atoms with Gasteiger partial charge < -0.3 is 9.80 Å². The molecule has 124 valence electrons. The van der Waals surface area contributed by atoms with Crippen LogP contribution in [0, 0.1) is 16.0 Å². The smallest absolute Gasteiger partial charge is 0.292 e. The van der Waals surface area contributed by atoms with Crippen LogP contribution in [-0.4, -0.2) is 41.9 Å². The van der Waals surface area contributed by atoms with Crippen LogP contribution in [0.4, 0.5) is 11.4 Å². The van der Waals surface area contributed by atoms with Crippen molar-refractivity contribution in [2.24, 2.45) is 5.92 Å². The highest BCUT2D eigenvalue weighted by molar-refractivity contribution is 5.79. The van der Waals surface area contributed by atoms with Gasteiger partial charge in [-0.25, -0.2) is 0 Å². The second kappa shape index (κ2) is 6.98. The molecule has 2 aliphatic rings. The standard InChI is InChI=1S/C17H23N3O3/c21-17(14-6-2-1-3-7-14)19-12-10-18(11-13-19)15-8-4-5-9-16(15)20(22)23/h4-5,8-9,14H,1-3,6-7,10-13H2. The lowest BCUT2D eigenvalue weighted by atomic mass is 9.88. The maximum Gasteiger partial charge on any atom is 0.292 e. The molecule has 1 aromatic carbocycles. The Morgan fingerprint density at radius 3 is 2.35 bits per heavy atom. The van der Waals surface area contributed by atoms with E-state index in [0.717, 1.165) is 25.7 Å². The summed E-state index contributed by atoms with van der Waals surface area (Å²) in [5.41, 5.74) is 0.793. The third kappa shape index (κ3) is 3.46. The van der Waals surface area contributed by atoms with Gasteiger partial charge in [-0.05, 0) is 18.9 Å². The van der Waals surface area contributed by atoms with Gasteiger partial charge in [-0.2, -0.15) is 0 Å². The average molecular weight is 317 g/mol. The Bertz CT molecular complexity index is 576. The van der Waals surface area contributed by atoms with Gasteiger partial charge in [0.2, 0.25) is 5.91 Å². The number of piperazine rings is 1. The fourth-order valence-corrected chi connectivity index (χ4v) is 3.66. The molecule has 1 aromatic rings. The zero-order valence-corrected chi connectivity index (χ0v) is 13.3. The number of nitrogens with zero attached hydrogens (tertiary/aromatic N) is 3. The monoisotopic (exact) mass is 317 g/mol. The summed E-state index contributed by atoms with van der Waals surface area (Å²) in [6, 6.07) is 6.83. The molecule has 2 fully saturated rings. The van der Waals surface area contributed by atoms with Crippen molar-refractivity contribution in [3.8, 4) is 0 Å². The lowest BCUT2D eigenvalue weighted by Gasteiger charge is -2.38. The topological polar surface area (TPSA) is 66.7 Å². The minimum absolute atomic E-state index is 0.138. The van der Waals surface area contributed by atoms with E-state index in [4.69, 9.17) is 0 Å². The van der Waals surface area contributed by atoms with Gasteiger partial charge in [-0.15, -0.1) is 0 Å². The Labute approximate surface area is 136 Å². The summed E-state index contributed by atoms with van der Waals surface area (Å²) < 4.78 is 0. The molecule has 1 saturated heterocycles. The van der Waals surface area contributed by atoms with Gasteiger partial charge in [0.1, 0.15) is 5.69 Å². The zero-order valence-electron chi connectivity index (χ0n) is 13.3. The Balaban J connectivity index is 1.62. The van der Waals surface area contributed by atoms with E-state index in [1.54, 1.807) is 12.1 Å².